The summed E-state index contributed by atoms with van der Waals surface area (Å²) in [6.45, 7) is 27.8. The molecule has 4 aromatic carbocycles. The second-order valence-electron chi connectivity index (χ2n) is 19.6. The highest BCUT2D eigenvalue weighted by Crippen LogP contribution is 2.49. The molecule has 6 aromatic rings. The average molecular weight is 815 g/mol. The van der Waals surface area contributed by atoms with Crippen LogP contribution >= 0.6 is 22.7 Å². The van der Waals surface area contributed by atoms with Crippen molar-refractivity contribution in [3.63, 3.8) is 0 Å². The van der Waals surface area contributed by atoms with E-state index in [2.05, 4.69) is 130 Å². The molecule has 0 fully saturated rings. The Kier molecular flexibility index (Phi) is 12.3. The summed E-state index contributed by atoms with van der Waals surface area (Å²) < 4.78 is 12.7. The number of ether oxygens (including phenoxy) is 2. The van der Waals surface area contributed by atoms with Gasteiger partial charge in [0.25, 0.3) is 0 Å². The summed E-state index contributed by atoms with van der Waals surface area (Å²) in [6.07, 6.45) is 1.59. The minimum absolute atomic E-state index is 0.0208. The third-order valence-electron chi connectivity index (χ3n) is 10.8. The summed E-state index contributed by atoms with van der Waals surface area (Å²) in [5, 5.41) is 27.5. The van der Waals surface area contributed by atoms with Crippen molar-refractivity contribution in [3.05, 3.63) is 118 Å². The van der Waals surface area contributed by atoms with Gasteiger partial charge >= 0.3 is 0 Å². The second kappa shape index (κ2) is 16.6. The lowest BCUT2D eigenvalue weighted by Gasteiger charge is -2.26. The lowest BCUT2D eigenvalue weighted by molar-refractivity contribution is 0.267. The number of hydrogen-bond acceptors (Lipinski definition) is 6. The van der Waals surface area contributed by atoms with E-state index in [1.54, 1.807) is 22.7 Å². The Hall–Kier alpha value is -4.52. The normalized spacial score (nSPS) is 12.6. The second-order valence-corrected chi connectivity index (χ2v) is 21.4. The zero-order valence-electron chi connectivity index (χ0n) is 36.6. The van der Waals surface area contributed by atoms with Crippen LogP contribution in [0.5, 0.6) is 23.0 Å². The molecule has 0 aliphatic rings. The van der Waals surface area contributed by atoms with Gasteiger partial charge in [-0.3, -0.25) is 0 Å². The van der Waals surface area contributed by atoms with Gasteiger partial charge < -0.3 is 19.7 Å². The molecule has 6 rings (SSSR count). The number of rotatable bonds is 11. The molecule has 0 saturated heterocycles. The molecule has 306 valence electrons. The first-order chi connectivity index (χ1) is 27.1. The minimum atomic E-state index is -0.0208. The molecule has 0 bridgehead atoms. The van der Waals surface area contributed by atoms with Gasteiger partial charge in [0.05, 0.1) is 23.0 Å². The lowest BCUT2D eigenvalue weighted by atomic mass is 9.79. The molecule has 58 heavy (non-hydrogen) atoms. The van der Waals surface area contributed by atoms with Crippen LogP contribution in [0.4, 0.5) is 0 Å². The fraction of sp³-hybridized carbons (Fsp3) is 0.385. The molecular weight excluding hydrogens is 753 g/mol. The highest BCUT2D eigenvalue weighted by atomic mass is 32.1. The quantitative estimate of drug-likeness (QED) is 0.128. The highest BCUT2D eigenvalue weighted by Gasteiger charge is 2.26. The summed E-state index contributed by atoms with van der Waals surface area (Å²) in [6, 6.07) is 29.4. The van der Waals surface area contributed by atoms with E-state index in [0.717, 1.165) is 67.5 Å². The van der Waals surface area contributed by atoms with Crippen molar-refractivity contribution in [1.82, 2.24) is 0 Å². The Morgan fingerprint density at radius 3 is 1.05 bits per heavy atom. The molecular formula is C52H62O4S2. The maximum Gasteiger partial charge on any atom is 0.142 e. The van der Waals surface area contributed by atoms with Crippen LogP contribution in [0, 0.1) is 0 Å². The van der Waals surface area contributed by atoms with Crippen molar-refractivity contribution in [2.75, 3.05) is 13.2 Å². The van der Waals surface area contributed by atoms with Gasteiger partial charge in [-0.15, -0.1) is 22.7 Å². The van der Waals surface area contributed by atoms with Crippen LogP contribution in [0.2, 0.25) is 0 Å². The number of hydrogen-bond donors (Lipinski definition) is 2. The first-order valence-corrected chi connectivity index (χ1v) is 22.3. The Balaban J connectivity index is 1.12. The van der Waals surface area contributed by atoms with Crippen LogP contribution in [0.15, 0.2) is 95.7 Å². The molecule has 0 atom stereocenters. The highest BCUT2D eigenvalue weighted by molar-refractivity contribution is 7.15. The fourth-order valence-electron chi connectivity index (χ4n) is 6.92. The number of benzene rings is 4. The maximum absolute atomic E-state index is 11.7. The lowest BCUT2D eigenvalue weighted by Crippen LogP contribution is -2.16. The van der Waals surface area contributed by atoms with Crippen LogP contribution in [0.1, 0.15) is 118 Å². The van der Waals surface area contributed by atoms with Crippen molar-refractivity contribution >= 4 is 22.7 Å². The van der Waals surface area contributed by atoms with Crippen molar-refractivity contribution in [2.45, 2.75) is 118 Å². The van der Waals surface area contributed by atoms with Gasteiger partial charge in [0.2, 0.25) is 0 Å². The Morgan fingerprint density at radius 1 is 0.431 bits per heavy atom. The van der Waals surface area contributed by atoms with E-state index in [9.17, 15) is 10.2 Å². The van der Waals surface area contributed by atoms with Crippen molar-refractivity contribution in [1.29, 1.82) is 0 Å². The fourth-order valence-corrected chi connectivity index (χ4v) is 8.92. The van der Waals surface area contributed by atoms with E-state index in [4.69, 9.17) is 9.47 Å². The molecule has 0 aliphatic heterocycles. The summed E-state index contributed by atoms with van der Waals surface area (Å²) in [7, 11) is 0. The Morgan fingerprint density at radius 2 is 0.741 bits per heavy atom. The third-order valence-corrected chi connectivity index (χ3v) is 12.8. The SMILES string of the molecule is CC(C)(C)c1cc(-c2csc(-c3ccccc3OCCCCOc3ccccc3-c3scc(-c4cc(C(C)(C)C)cc(C(C)(C)C)c4)c3O)c2O)cc(C(C)(C)C)c1. The summed E-state index contributed by atoms with van der Waals surface area (Å²) in [4.78, 5) is 1.61. The first kappa shape index (κ1) is 43.1. The van der Waals surface area contributed by atoms with Gasteiger partial charge in [-0.2, -0.15) is 0 Å². The standard InChI is InChI=1S/C52H62O4S2/c1-49(2,3)35-25-33(26-36(29-35)50(4,5)6)41-31-57-47(45(41)53)39-19-13-15-21-43(39)55-23-17-18-24-56-44-22-16-14-20-40(44)48-46(54)42(32-58-48)34-27-37(51(7,8)9)30-38(28-34)52(10,11)12/h13-16,19-22,25-32,53-54H,17-18,23-24H2,1-12H3. The number of unbranched alkanes of at least 4 members (excludes halogenated alkanes) is 1. The molecule has 2 N–H and O–H groups in total. The van der Waals surface area contributed by atoms with Crippen LogP contribution < -0.4 is 9.47 Å². The molecule has 2 aromatic heterocycles. The summed E-state index contributed by atoms with van der Waals surface area (Å²) in [5.74, 6) is 2.08. The predicted molar refractivity (Wildman–Crippen MR) is 249 cm³/mol. The van der Waals surface area contributed by atoms with E-state index >= 15 is 0 Å². The van der Waals surface area contributed by atoms with E-state index in [1.165, 1.54) is 22.3 Å². The number of thiophene rings is 2. The molecule has 2 heterocycles. The van der Waals surface area contributed by atoms with Crippen molar-refractivity contribution < 1.29 is 19.7 Å². The number of para-hydroxylation sites is 2. The van der Waals surface area contributed by atoms with Crippen LogP contribution in [0.3, 0.4) is 0 Å². The van der Waals surface area contributed by atoms with Gasteiger partial charge in [-0.1, -0.05) is 144 Å². The molecule has 0 aliphatic carbocycles. The van der Waals surface area contributed by atoms with Crippen LogP contribution in [-0.4, -0.2) is 23.4 Å². The van der Waals surface area contributed by atoms with E-state index in [1.807, 2.05) is 48.5 Å². The number of aromatic hydroxyl groups is 2. The van der Waals surface area contributed by atoms with E-state index in [0.29, 0.717) is 13.2 Å². The molecule has 0 unspecified atom stereocenters. The largest absolute Gasteiger partial charge is 0.506 e. The monoisotopic (exact) mass is 814 g/mol. The van der Waals surface area contributed by atoms with Crippen LogP contribution in [-0.2, 0) is 21.7 Å². The molecule has 0 saturated carbocycles. The van der Waals surface area contributed by atoms with Crippen molar-refractivity contribution in [3.8, 4) is 66.1 Å². The molecule has 6 heteroatoms. The Labute approximate surface area is 355 Å². The predicted octanol–water partition coefficient (Wildman–Crippen LogP) is 15.3. The van der Waals surface area contributed by atoms with Crippen LogP contribution in [0.25, 0.3) is 43.1 Å². The van der Waals surface area contributed by atoms with Gasteiger partial charge in [-0.05, 0) is 92.1 Å². The average Bonchev–Trinajstić information content (AvgIpc) is 3.73. The molecule has 0 amide bonds. The summed E-state index contributed by atoms with van der Waals surface area (Å²) in [5.41, 5.74) is 10.5. The van der Waals surface area contributed by atoms with Gasteiger partial charge in [0, 0.05) is 33.0 Å². The maximum atomic E-state index is 11.7. The zero-order chi connectivity index (χ0) is 42.2. The molecule has 0 spiro atoms. The topological polar surface area (TPSA) is 58.9 Å². The zero-order valence-corrected chi connectivity index (χ0v) is 38.2. The molecule has 0 radical (unpaired) electrons. The van der Waals surface area contributed by atoms with Gasteiger partial charge in [0.1, 0.15) is 23.0 Å². The minimum Gasteiger partial charge on any atom is -0.506 e. The van der Waals surface area contributed by atoms with Gasteiger partial charge in [-0.25, -0.2) is 0 Å². The summed E-state index contributed by atoms with van der Waals surface area (Å²) >= 11 is 3.09. The Bertz CT molecular complexity index is 2130. The van der Waals surface area contributed by atoms with Crippen molar-refractivity contribution in [2.24, 2.45) is 0 Å². The molecule has 4 nitrogen and oxygen atoms in total. The smallest absolute Gasteiger partial charge is 0.142 e. The van der Waals surface area contributed by atoms with E-state index in [-0.39, 0.29) is 33.2 Å². The first-order valence-electron chi connectivity index (χ1n) is 20.5. The third kappa shape index (κ3) is 9.67. The van der Waals surface area contributed by atoms with E-state index < -0.39 is 0 Å². The van der Waals surface area contributed by atoms with Gasteiger partial charge in [0.15, 0.2) is 0 Å².